The summed E-state index contributed by atoms with van der Waals surface area (Å²) in [5, 5.41) is 1.10. The van der Waals surface area contributed by atoms with Crippen LogP contribution in [0, 0.1) is 0 Å². The van der Waals surface area contributed by atoms with Crippen LogP contribution in [0.25, 0.3) is 23.2 Å². The van der Waals surface area contributed by atoms with Crippen molar-refractivity contribution in [3.8, 4) is 0 Å². The quantitative estimate of drug-likeness (QED) is 0.871. The molecule has 2 rings (SSSR count). The zero-order valence-corrected chi connectivity index (χ0v) is 10.0. The SMILES string of the molecule is C=Cc1[nH]c2nccc(Br)c2c1/C=C\C. The van der Waals surface area contributed by atoms with Crippen LogP contribution in [-0.4, -0.2) is 9.97 Å². The number of nitrogens with zero attached hydrogens (tertiary/aromatic N) is 1. The molecular weight excluding hydrogens is 252 g/mol. The summed E-state index contributed by atoms with van der Waals surface area (Å²) in [6.45, 7) is 5.79. The highest BCUT2D eigenvalue weighted by atomic mass is 79.9. The third-order valence-corrected chi connectivity index (χ3v) is 2.91. The monoisotopic (exact) mass is 262 g/mol. The zero-order chi connectivity index (χ0) is 10.8. The van der Waals surface area contributed by atoms with Gasteiger partial charge in [-0.05, 0) is 35.0 Å². The molecule has 2 nitrogen and oxygen atoms in total. The minimum Gasteiger partial charge on any atom is -0.339 e. The summed E-state index contributed by atoms with van der Waals surface area (Å²) in [5.74, 6) is 0. The third kappa shape index (κ3) is 1.63. The molecule has 0 radical (unpaired) electrons. The van der Waals surface area contributed by atoms with Crippen molar-refractivity contribution in [1.82, 2.24) is 9.97 Å². The number of aromatic nitrogens is 2. The van der Waals surface area contributed by atoms with E-state index in [1.807, 2.05) is 25.1 Å². The Labute approximate surface area is 96.9 Å². The molecule has 0 amide bonds. The Morgan fingerprint density at radius 2 is 2.33 bits per heavy atom. The average Bonchev–Trinajstić information content (AvgIpc) is 2.58. The molecule has 0 aliphatic heterocycles. The highest BCUT2D eigenvalue weighted by Crippen LogP contribution is 2.29. The number of pyridine rings is 1. The Bertz CT molecular complexity index is 538. The lowest BCUT2D eigenvalue weighted by atomic mass is 10.1. The molecule has 76 valence electrons. The summed E-state index contributed by atoms with van der Waals surface area (Å²) >= 11 is 3.53. The summed E-state index contributed by atoms with van der Waals surface area (Å²) in [6.07, 6.45) is 7.65. The standard InChI is InChI=1S/C12H11BrN2/c1-3-5-8-10(4-2)15-12-11(8)9(13)6-7-14-12/h3-7H,2H2,1H3,(H,14,15)/b5-3-. The summed E-state index contributed by atoms with van der Waals surface area (Å²) in [7, 11) is 0. The minimum absolute atomic E-state index is 0.882. The first-order chi connectivity index (χ1) is 7.27. The van der Waals surface area contributed by atoms with Gasteiger partial charge in [-0.25, -0.2) is 4.98 Å². The van der Waals surface area contributed by atoms with E-state index < -0.39 is 0 Å². The van der Waals surface area contributed by atoms with Crippen molar-refractivity contribution in [3.63, 3.8) is 0 Å². The van der Waals surface area contributed by atoms with Gasteiger partial charge in [0.15, 0.2) is 0 Å². The average molecular weight is 263 g/mol. The first kappa shape index (κ1) is 10.2. The van der Waals surface area contributed by atoms with E-state index >= 15 is 0 Å². The molecule has 2 heterocycles. The van der Waals surface area contributed by atoms with Crippen molar-refractivity contribution in [1.29, 1.82) is 0 Å². The van der Waals surface area contributed by atoms with Gasteiger partial charge in [-0.15, -0.1) is 0 Å². The van der Waals surface area contributed by atoms with Crippen LogP contribution in [0.2, 0.25) is 0 Å². The van der Waals surface area contributed by atoms with Gasteiger partial charge in [0.2, 0.25) is 0 Å². The fourth-order valence-electron chi connectivity index (χ4n) is 1.62. The van der Waals surface area contributed by atoms with Gasteiger partial charge in [-0.3, -0.25) is 0 Å². The van der Waals surface area contributed by atoms with Crippen LogP contribution in [0.15, 0.2) is 29.4 Å². The van der Waals surface area contributed by atoms with Crippen LogP contribution in [0.4, 0.5) is 0 Å². The van der Waals surface area contributed by atoms with Gasteiger partial charge >= 0.3 is 0 Å². The molecule has 0 fully saturated rings. The van der Waals surface area contributed by atoms with Gasteiger partial charge in [0, 0.05) is 27.3 Å². The molecule has 1 N–H and O–H groups in total. The molecule has 0 aliphatic rings. The van der Waals surface area contributed by atoms with Crippen LogP contribution in [-0.2, 0) is 0 Å². The highest BCUT2D eigenvalue weighted by molar-refractivity contribution is 9.10. The summed E-state index contributed by atoms with van der Waals surface area (Å²) < 4.78 is 1.05. The van der Waals surface area contributed by atoms with Crippen molar-refractivity contribution >= 4 is 39.1 Å². The molecule has 15 heavy (non-hydrogen) atoms. The second kappa shape index (κ2) is 4.03. The van der Waals surface area contributed by atoms with Gasteiger partial charge in [0.05, 0.1) is 0 Å². The molecule has 2 aromatic rings. The van der Waals surface area contributed by atoms with Crippen molar-refractivity contribution in [2.75, 3.05) is 0 Å². The van der Waals surface area contributed by atoms with Gasteiger partial charge < -0.3 is 4.98 Å². The van der Waals surface area contributed by atoms with E-state index in [4.69, 9.17) is 0 Å². The molecule has 0 spiro atoms. The molecule has 0 saturated heterocycles. The van der Waals surface area contributed by atoms with Gasteiger partial charge in [-0.2, -0.15) is 0 Å². The number of hydrogen-bond donors (Lipinski definition) is 1. The number of aromatic amines is 1. The van der Waals surface area contributed by atoms with E-state index in [1.54, 1.807) is 6.20 Å². The molecule has 3 heteroatoms. The van der Waals surface area contributed by atoms with E-state index in [1.165, 1.54) is 0 Å². The molecular formula is C12H11BrN2. The van der Waals surface area contributed by atoms with Crippen LogP contribution < -0.4 is 0 Å². The summed E-state index contributed by atoms with van der Waals surface area (Å²) in [4.78, 5) is 7.52. The normalized spacial score (nSPS) is 11.3. The lowest BCUT2D eigenvalue weighted by molar-refractivity contribution is 1.31. The Balaban J connectivity index is 2.88. The highest BCUT2D eigenvalue weighted by Gasteiger charge is 2.09. The predicted molar refractivity (Wildman–Crippen MR) is 68.6 cm³/mol. The summed E-state index contributed by atoms with van der Waals surface area (Å²) in [5.41, 5.74) is 3.01. The number of H-pyrrole nitrogens is 1. The lowest BCUT2D eigenvalue weighted by Gasteiger charge is -1.95. The molecule has 2 aromatic heterocycles. The maximum atomic E-state index is 4.29. The van der Waals surface area contributed by atoms with Gasteiger partial charge in [0.1, 0.15) is 5.65 Å². The van der Waals surface area contributed by atoms with Gasteiger partial charge in [-0.1, -0.05) is 18.7 Å². The number of halogens is 1. The largest absolute Gasteiger partial charge is 0.339 e. The van der Waals surface area contributed by atoms with E-state index in [9.17, 15) is 0 Å². The second-order valence-corrected chi connectivity index (χ2v) is 4.03. The second-order valence-electron chi connectivity index (χ2n) is 3.17. The smallest absolute Gasteiger partial charge is 0.139 e. The lowest BCUT2D eigenvalue weighted by Crippen LogP contribution is -1.76. The molecule has 0 atom stereocenters. The van der Waals surface area contributed by atoms with Crippen molar-refractivity contribution in [2.24, 2.45) is 0 Å². The Kier molecular flexibility index (Phi) is 2.73. The van der Waals surface area contributed by atoms with E-state index in [2.05, 4.69) is 38.6 Å². The van der Waals surface area contributed by atoms with Crippen LogP contribution in [0.3, 0.4) is 0 Å². The third-order valence-electron chi connectivity index (χ3n) is 2.25. The zero-order valence-electron chi connectivity index (χ0n) is 8.42. The van der Waals surface area contributed by atoms with Crippen LogP contribution in [0.1, 0.15) is 18.2 Å². The topological polar surface area (TPSA) is 28.7 Å². The number of allylic oxidation sites excluding steroid dienone is 1. The molecule has 0 aromatic carbocycles. The minimum atomic E-state index is 0.882. The first-order valence-electron chi connectivity index (χ1n) is 4.69. The van der Waals surface area contributed by atoms with E-state index in [-0.39, 0.29) is 0 Å². The predicted octanol–water partition coefficient (Wildman–Crippen LogP) is 4.00. The summed E-state index contributed by atoms with van der Waals surface area (Å²) in [6, 6.07) is 1.94. The van der Waals surface area contributed by atoms with E-state index in [0.717, 1.165) is 26.8 Å². The number of nitrogens with one attached hydrogen (secondary N) is 1. The molecule has 0 unspecified atom stereocenters. The Hall–Kier alpha value is -1.35. The fourth-order valence-corrected chi connectivity index (χ4v) is 2.14. The Morgan fingerprint density at radius 3 is 3.00 bits per heavy atom. The van der Waals surface area contributed by atoms with Crippen molar-refractivity contribution < 1.29 is 0 Å². The fraction of sp³-hybridized carbons (Fsp3) is 0.0833. The molecule has 0 aliphatic carbocycles. The maximum Gasteiger partial charge on any atom is 0.139 e. The van der Waals surface area contributed by atoms with Crippen molar-refractivity contribution in [2.45, 2.75) is 6.92 Å². The molecule has 0 saturated carbocycles. The number of fused-ring (bicyclic) bond motifs is 1. The van der Waals surface area contributed by atoms with Gasteiger partial charge in [0.25, 0.3) is 0 Å². The maximum absolute atomic E-state index is 4.29. The Morgan fingerprint density at radius 1 is 1.53 bits per heavy atom. The van der Waals surface area contributed by atoms with Crippen molar-refractivity contribution in [3.05, 3.63) is 40.6 Å². The number of hydrogen-bond acceptors (Lipinski definition) is 1. The van der Waals surface area contributed by atoms with E-state index in [0.29, 0.717) is 0 Å². The number of rotatable bonds is 2. The first-order valence-corrected chi connectivity index (χ1v) is 5.48. The van der Waals surface area contributed by atoms with Crippen LogP contribution in [0.5, 0.6) is 0 Å². The van der Waals surface area contributed by atoms with Crippen LogP contribution >= 0.6 is 15.9 Å². The molecule has 0 bridgehead atoms.